The lowest BCUT2D eigenvalue weighted by atomic mass is 9.85. The van der Waals surface area contributed by atoms with Gasteiger partial charge < -0.3 is 0 Å². The third-order valence-electron chi connectivity index (χ3n) is 9.79. The van der Waals surface area contributed by atoms with E-state index in [1.54, 1.807) is 0 Å². The van der Waals surface area contributed by atoms with E-state index >= 15 is 0 Å². The third-order valence-corrected chi connectivity index (χ3v) is 9.79. The highest BCUT2D eigenvalue weighted by molar-refractivity contribution is 6.21. The standard InChI is InChI=1S/C45H37N/c1-2-42-37(29-26-34-14-6-11-19-43(34)46-42)30-31-20-22-35(23-21-31)44-38-15-7-9-17-40(38)45(41-18-10-8-16-39(41)44)36-27-24-33(25-28-36)32-12-4-3-5-13-32/h3-25,27-28,37H,2,26,29-30H2,1H3. The zero-order valence-electron chi connectivity index (χ0n) is 26.3. The zero-order chi connectivity index (χ0) is 30.9. The zero-order valence-corrected chi connectivity index (χ0v) is 26.3. The number of hydrogen-bond acceptors (Lipinski definition) is 1. The fourth-order valence-electron chi connectivity index (χ4n) is 7.46. The van der Waals surface area contributed by atoms with Crippen LogP contribution in [0.2, 0.25) is 0 Å². The van der Waals surface area contributed by atoms with E-state index in [9.17, 15) is 0 Å². The van der Waals surface area contributed by atoms with Crippen LogP contribution in [0.3, 0.4) is 0 Å². The molecule has 0 aromatic heterocycles. The van der Waals surface area contributed by atoms with Crippen molar-refractivity contribution in [1.29, 1.82) is 0 Å². The Kier molecular flexibility index (Phi) is 7.52. The van der Waals surface area contributed by atoms with Crippen LogP contribution in [0.1, 0.15) is 30.9 Å². The third kappa shape index (κ3) is 5.22. The molecule has 0 spiro atoms. The van der Waals surface area contributed by atoms with Crippen LogP contribution in [0.5, 0.6) is 0 Å². The maximum absolute atomic E-state index is 5.14. The van der Waals surface area contributed by atoms with Crippen molar-refractivity contribution in [1.82, 2.24) is 0 Å². The molecule has 0 radical (unpaired) electrons. The summed E-state index contributed by atoms with van der Waals surface area (Å²) in [5, 5.41) is 5.15. The van der Waals surface area contributed by atoms with Crippen molar-refractivity contribution in [2.45, 2.75) is 32.6 Å². The topological polar surface area (TPSA) is 12.4 Å². The maximum atomic E-state index is 5.14. The van der Waals surface area contributed by atoms with Gasteiger partial charge in [0.2, 0.25) is 0 Å². The van der Waals surface area contributed by atoms with Gasteiger partial charge in [-0.1, -0.05) is 153 Å². The Morgan fingerprint density at radius 3 is 1.57 bits per heavy atom. The lowest BCUT2D eigenvalue weighted by molar-refractivity contribution is 0.619. The molecular formula is C45H37N. The summed E-state index contributed by atoms with van der Waals surface area (Å²) in [6.07, 6.45) is 4.26. The Labute approximate surface area is 271 Å². The average molecular weight is 592 g/mol. The molecule has 1 aliphatic rings. The van der Waals surface area contributed by atoms with E-state index in [2.05, 4.69) is 159 Å². The van der Waals surface area contributed by atoms with E-state index in [1.165, 1.54) is 71.8 Å². The van der Waals surface area contributed by atoms with Gasteiger partial charge in [0.15, 0.2) is 0 Å². The number of nitrogens with zero attached hydrogens (tertiary/aromatic N) is 1. The van der Waals surface area contributed by atoms with Crippen molar-refractivity contribution in [3.8, 4) is 33.4 Å². The van der Waals surface area contributed by atoms with Crippen molar-refractivity contribution in [3.05, 3.63) is 163 Å². The van der Waals surface area contributed by atoms with Crippen LogP contribution < -0.4 is 0 Å². The van der Waals surface area contributed by atoms with Crippen LogP contribution in [0, 0.1) is 5.92 Å². The Morgan fingerprint density at radius 2 is 0.978 bits per heavy atom. The number of benzene rings is 7. The molecule has 0 fully saturated rings. The molecule has 0 saturated carbocycles. The van der Waals surface area contributed by atoms with Gasteiger partial charge in [0.05, 0.1) is 5.69 Å². The largest absolute Gasteiger partial charge is 0.257 e. The van der Waals surface area contributed by atoms with E-state index in [0.717, 1.165) is 31.4 Å². The van der Waals surface area contributed by atoms with E-state index in [-0.39, 0.29) is 0 Å². The monoisotopic (exact) mass is 591 g/mol. The van der Waals surface area contributed by atoms with Gasteiger partial charge in [0.1, 0.15) is 0 Å². The van der Waals surface area contributed by atoms with Gasteiger partial charge in [0, 0.05) is 11.6 Å². The fourth-order valence-corrected chi connectivity index (χ4v) is 7.46. The minimum atomic E-state index is 0.470. The molecule has 0 saturated heterocycles. The van der Waals surface area contributed by atoms with Crippen LogP contribution in [-0.4, -0.2) is 5.71 Å². The number of fused-ring (bicyclic) bond motifs is 3. The van der Waals surface area contributed by atoms with Crippen molar-refractivity contribution < 1.29 is 0 Å². The number of aliphatic imine (C=N–C) groups is 1. The van der Waals surface area contributed by atoms with Gasteiger partial charge >= 0.3 is 0 Å². The van der Waals surface area contributed by atoms with Crippen LogP contribution in [-0.2, 0) is 12.8 Å². The predicted octanol–water partition coefficient (Wildman–Crippen LogP) is 12.3. The summed E-state index contributed by atoms with van der Waals surface area (Å²) in [5.41, 5.74) is 12.8. The predicted molar refractivity (Wildman–Crippen MR) is 197 cm³/mol. The second kappa shape index (κ2) is 12.3. The lowest BCUT2D eigenvalue weighted by Gasteiger charge is -2.19. The van der Waals surface area contributed by atoms with Crippen LogP contribution in [0.4, 0.5) is 5.69 Å². The highest BCUT2D eigenvalue weighted by atomic mass is 14.8. The Morgan fingerprint density at radius 1 is 0.500 bits per heavy atom. The minimum Gasteiger partial charge on any atom is -0.257 e. The molecule has 46 heavy (non-hydrogen) atoms. The Balaban J connectivity index is 1.17. The number of rotatable bonds is 6. The van der Waals surface area contributed by atoms with Crippen molar-refractivity contribution in [2.24, 2.45) is 10.9 Å². The highest BCUT2D eigenvalue weighted by Crippen LogP contribution is 2.44. The molecule has 1 heterocycles. The molecule has 1 heteroatoms. The van der Waals surface area contributed by atoms with Crippen molar-refractivity contribution in [3.63, 3.8) is 0 Å². The van der Waals surface area contributed by atoms with Gasteiger partial charge in [-0.05, 0) is 97.8 Å². The summed E-state index contributed by atoms with van der Waals surface area (Å²) in [6.45, 7) is 2.25. The highest BCUT2D eigenvalue weighted by Gasteiger charge is 2.21. The van der Waals surface area contributed by atoms with Crippen molar-refractivity contribution in [2.75, 3.05) is 0 Å². The van der Waals surface area contributed by atoms with E-state index in [4.69, 9.17) is 4.99 Å². The molecule has 0 aliphatic carbocycles. The van der Waals surface area contributed by atoms with Crippen LogP contribution >= 0.6 is 0 Å². The lowest BCUT2D eigenvalue weighted by Crippen LogP contribution is -2.16. The molecular weight excluding hydrogens is 555 g/mol. The summed E-state index contributed by atoms with van der Waals surface area (Å²) < 4.78 is 0. The number of aryl methyl sites for hydroxylation is 1. The normalized spacial score (nSPS) is 14.5. The smallest absolute Gasteiger partial charge is 0.0661 e. The minimum absolute atomic E-state index is 0.470. The van der Waals surface area contributed by atoms with Gasteiger partial charge in [-0.15, -0.1) is 0 Å². The van der Waals surface area contributed by atoms with Crippen LogP contribution in [0.25, 0.3) is 54.9 Å². The summed E-state index contributed by atoms with van der Waals surface area (Å²) in [6, 6.07) is 55.6. The molecule has 8 rings (SSSR count). The fraction of sp³-hybridized carbons (Fsp3) is 0.133. The molecule has 1 aliphatic heterocycles. The molecule has 1 unspecified atom stereocenters. The second-order valence-electron chi connectivity index (χ2n) is 12.5. The van der Waals surface area contributed by atoms with Gasteiger partial charge in [0.25, 0.3) is 0 Å². The quantitative estimate of drug-likeness (QED) is 0.171. The Bertz CT molecular complexity index is 2130. The number of hydrogen-bond donors (Lipinski definition) is 0. The summed E-state index contributed by atoms with van der Waals surface area (Å²) in [5.74, 6) is 0.470. The summed E-state index contributed by atoms with van der Waals surface area (Å²) >= 11 is 0. The van der Waals surface area contributed by atoms with E-state index in [1.807, 2.05) is 0 Å². The number of para-hydroxylation sites is 1. The average Bonchev–Trinajstić information content (AvgIpc) is 3.30. The molecule has 222 valence electrons. The molecule has 0 N–H and O–H groups in total. The van der Waals surface area contributed by atoms with Gasteiger partial charge in [-0.3, -0.25) is 4.99 Å². The Hall–Kier alpha value is -5.27. The molecule has 1 nitrogen and oxygen atoms in total. The van der Waals surface area contributed by atoms with E-state index in [0.29, 0.717) is 5.92 Å². The van der Waals surface area contributed by atoms with Crippen molar-refractivity contribution >= 4 is 32.9 Å². The second-order valence-corrected chi connectivity index (χ2v) is 12.5. The summed E-state index contributed by atoms with van der Waals surface area (Å²) in [7, 11) is 0. The molecule has 7 aromatic carbocycles. The first-order valence-corrected chi connectivity index (χ1v) is 16.6. The first-order chi connectivity index (χ1) is 22.8. The molecule has 1 atom stereocenters. The SMILES string of the molecule is CCC1=Nc2ccccc2CCC1Cc1ccc(-c2c3ccccc3c(-c3ccc(-c4ccccc4)cc3)c3ccccc23)cc1. The summed E-state index contributed by atoms with van der Waals surface area (Å²) in [4.78, 5) is 5.14. The van der Waals surface area contributed by atoms with E-state index < -0.39 is 0 Å². The van der Waals surface area contributed by atoms with Crippen LogP contribution in [0.15, 0.2) is 157 Å². The first kappa shape index (κ1) is 28.2. The maximum Gasteiger partial charge on any atom is 0.0661 e. The van der Waals surface area contributed by atoms with Gasteiger partial charge in [-0.25, -0.2) is 0 Å². The molecule has 7 aromatic rings. The molecule has 0 bridgehead atoms. The molecule has 0 amide bonds. The first-order valence-electron chi connectivity index (χ1n) is 16.6. The van der Waals surface area contributed by atoms with Gasteiger partial charge in [-0.2, -0.15) is 0 Å².